The summed E-state index contributed by atoms with van der Waals surface area (Å²) in [7, 11) is 0. The van der Waals surface area contributed by atoms with E-state index in [9.17, 15) is 9.59 Å². The van der Waals surface area contributed by atoms with E-state index in [-0.39, 0.29) is 37.3 Å². The van der Waals surface area contributed by atoms with Crippen molar-refractivity contribution in [2.75, 3.05) is 46.0 Å². The smallest absolute Gasteiger partial charge is 0.292 e. The minimum absolute atomic E-state index is 0.0694. The van der Waals surface area contributed by atoms with Gasteiger partial charge in [0.1, 0.15) is 5.75 Å². The monoisotopic (exact) mass is 401 g/mol. The number of ether oxygens (including phenoxy) is 3. The summed E-state index contributed by atoms with van der Waals surface area (Å²) in [6.45, 7) is 3.60. The van der Waals surface area contributed by atoms with Crippen molar-refractivity contribution in [3.8, 4) is 5.75 Å². The first-order chi connectivity index (χ1) is 14.0. The number of carbonyl (C=O) groups is 2. The van der Waals surface area contributed by atoms with Gasteiger partial charge in [0.2, 0.25) is 11.5 Å². The van der Waals surface area contributed by atoms with Gasteiger partial charge in [0.05, 0.1) is 32.0 Å². The molecule has 9 nitrogen and oxygen atoms in total. The number of para-hydroxylation sites is 1. The molecule has 3 heterocycles. The van der Waals surface area contributed by atoms with Gasteiger partial charge in [-0.15, -0.1) is 0 Å². The Bertz CT molecular complexity index is 866. The third kappa shape index (κ3) is 4.41. The maximum Gasteiger partial charge on any atom is 0.292 e. The molecule has 29 heavy (non-hydrogen) atoms. The van der Waals surface area contributed by atoms with Crippen molar-refractivity contribution in [1.29, 1.82) is 0 Å². The van der Waals surface area contributed by atoms with E-state index in [1.54, 1.807) is 34.9 Å². The molecular formula is C20H23N3O6. The van der Waals surface area contributed by atoms with Gasteiger partial charge in [0.15, 0.2) is 6.61 Å². The molecule has 1 aromatic carbocycles. The number of carbonyl (C=O) groups excluding carboxylic acids is 2. The Balaban J connectivity index is 1.38. The molecule has 1 unspecified atom stereocenters. The van der Waals surface area contributed by atoms with Crippen LogP contribution in [0.5, 0.6) is 5.75 Å². The molecule has 2 aromatic rings. The standard InChI is InChI=1S/C20H23N3O6/c1-15-11-17(29-21-15)19(25)23-8-10-28-20(14-23)13-22(7-9-27-20)18(24)12-26-16-5-3-2-4-6-16/h2-6,11H,7-10,12-14H2,1H3. The molecule has 1 aromatic heterocycles. The lowest BCUT2D eigenvalue weighted by Crippen LogP contribution is -2.64. The molecule has 1 atom stereocenters. The van der Waals surface area contributed by atoms with E-state index in [4.69, 9.17) is 18.7 Å². The Hall–Kier alpha value is -2.91. The molecule has 1 spiro atoms. The van der Waals surface area contributed by atoms with Crippen molar-refractivity contribution in [1.82, 2.24) is 15.0 Å². The number of hydrogen-bond donors (Lipinski definition) is 0. The van der Waals surface area contributed by atoms with E-state index in [1.807, 2.05) is 18.2 Å². The van der Waals surface area contributed by atoms with Crippen molar-refractivity contribution in [3.05, 3.63) is 47.9 Å². The molecule has 2 aliphatic rings. The molecule has 2 fully saturated rings. The summed E-state index contributed by atoms with van der Waals surface area (Å²) in [5, 5.41) is 3.77. The molecule has 4 rings (SSSR count). The van der Waals surface area contributed by atoms with Gasteiger partial charge in [-0.05, 0) is 19.1 Å². The minimum Gasteiger partial charge on any atom is -0.484 e. The fourth-order valence-electron chi connectivity index (χ4n) is 3.46. The van der Waals surface area contributed by atoms with Crippen LogP contribution < -0.4 is 4.74 Å². The topological polar surface area (TPSA) is 94.3 Å². The van der Waals surface area contributed by atoms with Crippen LogP contribution in [0.25, 0.3) is 0 Å². The van der Waals surface area contributed by atoms with Gasteiger partial charge >= 0.3 is 0 Å². The quantitative estimate of drug-likeness (QED) is 0.757. The zero-order valence-corrected chi connectivity index (χ0v) is 16.2. The number of hydrogen-bond acceptors (Lipinski definition) is 7. The summed E-state index contributed by atoms with van der Waals surface area (Å²) in [6, 6.07) is 10.8. The van der Waals surface area contributed by atoms with Gasteiger partial charge in [0.25, 0.3) is 11.8 Å². The Morgan fingerprint density at radius 2 is 1.79 bits per heavy atom. The van der Waals surface area contributed by atoms with E-state index >= 15 is 0 Å². The summed E-state index contributed by atoms with van der Waals surface area (Å²) < 4.78 is 22.4. The SMILES string of the molecule is Cc1cc(C(=O)N2CCOC3(CN(C(=O)COc4ccccc4)CCO3)C2)on1. The summed E-state index contributed by atoms with van der Waals surface area (Å²) in [5.41, 5.74) is 0.639. The van der Waals surface area contributed by atoms with Crippen LogP contribution in [-0.2, 0) is 14.3 Å². The highest BCUT2D eigenvalue weighted by atomic mass is 16.7. The average molecular weight is 401 g/mol. The van der Waals surface area contributed by atoms with Crippen LogP contribution in [0.3, 0.4) is 0 Å². The molecule has 0 N–H and O–H groups in total. The fraction of sp³-hybridized carbons (Fsp3) is 0.450. The molecule has 0 aliphatic carbocycles. The molecule has 2 saturated heterocycles. The van der Waals surface area contributed by atoms with Crippen LogP contribution in [0.15, 0.2) is 40.9 Å². The molecule has 0 bridgehead atoms. The van der Waals surface area contributed by atoms with Gasteiger partial charge in [-0.1, -0.05) is 23.4 Å². The molecular weight excluding hydrogens is 378 g/mol. The van der Waals surface area contributed by atoms with Gasteiger partial charge < -0.3 is 28.5 Å². The van der Waals surface area contributed by atoms with Gasteiger partial charge in [-0.25, -0.2) is 0 Å². The number of aryl methyl sites for hydroxylation is 1. The lowest BCUT2D eigenvalue weighted by Gasteiger charge is -2.47. The number of benzene rings is 1. The predicted molar refractivity (Wildman–Crippen MR) is 100 cm³/mol. The largest absolute Gasteiger partial charge is 0.484 e. The second-order valence-electron chi connectivity index (χ2n) is 7.08. The molecule has 0 saturated carbocycles. The number of morpholine rings is 2. The second-order valence-corrected chi connectivity index (χ2v) is 7.08. The van der Waals surface area contributed by atoms with Crippen LogP contribution >= 0.6 is 0 Å². The molecule has 0 radical (unpaired) electrons. The van der Waals surface area contributed by atoms with Crippen molar-refractivity contribution in [3.63, 3.8) is 0 Å². The summed E-state index contributed by atoms with van der Waals surface area (Å²) in [4.78, 5) is 28.6. The highest BCUT2D eigenvalue weighted by Gasteiger charge is 2.45. The Morgan fingerprint density at radius 1 is 1.10 bits per heavy atom. The Morgan fingerprint density at radius 3 is 2.48 bits per heavy atom. The fourth-order valence-corrected chi connectivity index (χ4v) is 3.46. The second kappa shape index (κ2) is 8.22. The highest BCUT2D eigenvalue weighted by Crippen LogP contribution is 2.26. The van der Waals surface area contributed by atoms with Crippen LogP contribution in [0.4, 0.5) is 0 Å². The predicted octanol–water partition coefficient (Wildman–Crippen LogP) is 1.09. The van der Waals surface area contributed by atoms with E-state index in [2.05, 4.69) is 5.16 Å². The van der Waals surface area contributed by atoms with E-state index < -0.39 is 5.79 Å². The van der Waals surface area contributed by atoms with Gasteiger partial charge in [-0.2, -0.15) is 0 Å². The van der Waals surface area contributed by atoms with Crippen molar-refractivity contribution in [2.24, 2.45) is 0 Å². The van der Waals surface area contributed by atoms with Crippen LogP contribution in [0, 0.1) is 6.92 Å². The summed E-state index contributed by atoms with van der Waals surface area (Å²) >= 11 is 0. The van der Waals surface area contributed by atoms with Crippen LogP contribution in [-0.4, -0.2) is 78.6 Å². The zero-order valence-electron chi connectivity index (χ0n) is 16.2. The number of nitrogens with zero attached hydrogens (tertiary/aromatic N) is 3. The lowest BCUT2D eigenvalue weighted by atomic mass is 10.1. The number of rotatable bonds is 4. The average Bonchev–Trinajstić information content (AvgIpc) is 3.18. The van der Waals surface area contributed by atoms with E-state index in [1.165, 1.54) is 0 Å². The van der Waals surface area contributed by atoms with E-state index in [0.29, 0.717) is 37.7 Å². The normalized spacial score (nSPS) is 22.0. The first-order valence-electron chi connectivity index (χ1n) is 9.51. The van der Waals surface area contributed by atoms with Crippen molar-refractivity contribution in [2.45, 2.75) is 12.7 Å². The first kappa shape index (κ1) is 19.4. The van der Waals surface area contributed by atoms with Gasteiger partial charge in [0, 0.05) is 19.2 Å². The summed E-state index contributed by atoms with van der Waals surface area (Å²) in [6.07, 6.45) is 0. The number of amides is 2. The van der Waals surface area contributed by atoms with Crippen molar-refractivity contribution >= 4 is 11.8 Å². The molecule has 2 aliphatic heterocycles. The third-order valence-corrected chi connectivity index (χ3v) is 4.90. The van der Waals surface area contributed by atoms with E-state index in [0.717, 1.165) is 0 Å². The lowest BCUT2D eigenvalue weighted by molar-refractivity contribution is -0.284. The van der Waals surface area contributed by atoms with Crippen molar-refractivity contribution < 1.29 is 28.3 Å². The Labute approximate surface area is 168 Å². The molecule has 9 heteroatoms. The maximum atomic E-state index is 12.7. The third-order valence-electron chi connectivity index (χ3n) is 4.90. The minimum atomic E-state index is -1.05. The number of aromatic nitrogens is 1. The highest BCUT2D eigenvalue weighted by molar-refractivity contribution is 5.91. The molecule has 2 amide bonds. The summed E-state index contributed by atoms with van der Waals surface area (Å²) in [5.74, 6) is -0.664. The molecule has 154 valence electrons. The zero-order chi connectivity index (χ0) is 20.3. The van der Waals surface area contributed by atoms with Gasteiger partial charge in [-0.3, -0.25) is 9.59 Å². The first-order valence-corrected chi connectivity index (χ1v) is 9.51. The van der Waals surface area contributed by atoms with Crippen LogP contribution in [0.1, 0.15) is 16.2 Å². The maximum absolute atomic E-state index is 12.7. The van der Waals surface area contributed by atoms with Crippen LogP contribution in [0.2, 0.25) is 0 Å². The Kier molecular flexibility index (Phi) is 5.50.